The highest BCUT2D eigenvalue weighted by Gasteiger charge is 2.23. The molecular formula is C19H25NO3. The first-order chi connectivity index (χ1) is 11.2. The zero-order chi connectivity index (χ0) is 16.4. The third-order valence-corrected chi connectivity index (χ3v) is 4.94. The number of aryl methyl sites for hydroxylation is 2. The number of anilines is 1. The second-order valence-corrected chi connectivity index (χ2v) is 6.17. The molecule has 0 aliphatic carbocycles. The molecule has 1 aliphatic heterocycles. The monoisotopic (exact) mass is 315 g/mol. The Morgan fingerprint density at radius 1 is 1.26 bits per heavy atom. The van der Waals surface area contributed by atoms with Crippen molar-refractivity contribution in [2.24, 2.45) is 0 Å². The van der Waals surface area contributed by atoms with Gasteiger partial charge in [0.05, 0.1) is 0 Å². The fraction of sp³-hybridized carbons (Fsp3) is 0.526. The molecule has 0 spiro atoms. The average Bonchev–Trinajstić information content (AvgIpc) is 2.91. The van der Waals surface area contributed by atoms with Gasteiger partial charge in [-0.2, -0.15) is 0 Å². The maximum atomic E-state index is 11.2. The summed E-state index contributed by atoms with van der Waals surface area (Å²) >= 11 is 0. The molecule has 1 aromatic heterocycles. The van der Waals surface area contributed by atoms with Crippen molar-refractivity contribution < 1.29 is 13.9 Å². The summed E-state index contributed by atoms with van der Waals surface area (Å²) in [6, 6.07) is 4.82. The first kappa shape index (κ1) is 16.1. The molecule has 0 bridgehead atoms. The number of fused-ring (bicyclic) bond motifs is 1. The largest absolute Gasteiger partial charge is 0.453 e. The van der Waals surface area contributed by atoms with Crippen LogP contribution in [0.3, 0.4) is 0 Å². The van der Waals surface area contributed by atoms with Crippen LogP contribution in [0.2, 0.25) is 0 Å². The lowest BCUT2D eigenvalue weighted by atomic mass is 10.0. The maximum absolute atomic E-state index is 11.2. The van der Waals surface area contributed by atoms with Crippen molar-refractivity contribution in [3.8, 4) is 0 Å². The predicted molar refractivity (Wildman–Crippen MR) is 92.6 cm³/mol. The molecule has 0 unspecified atom stereocenters. The molecule has 1 aromatic carbocycles. The quantitative estimate of drug-likeness (QED) is 0.778. The van der Waals surface area contributed by atoms with Gasteiger partial charge in [0, 0.05) is 48.5 Å². The highest BCUT2D eigenvalue weighted by molar-refractivity contribution is 5.92. The molecule has 23 heavy (non-hydrogen) atoms. The first-order valence-corrected chi connectivity index (χ1v) is 8.55. The van der Waals surface area contributed by atoms with Crippen molar-refractivity contribution in [1.29, 1.82) is 0 Å². The third-order valence-electron chi connectivity index (χ3n) is 4.94. The fourth-order valence-corrected chi connectivity index (χ4v) is 3.60. The van der Waals surface area contributed by atoms with Crippen LogP contribution in [-0.2, 0) is 11.2 Å². The maximum Gasteiger partial charge on any atom is 0.185 e. The standard InChI is InChI=1S/C19H25NO3/c1-4-14-10-16-13(3)19(12-21)23-18(16)11-17(14)20(5-2)15-6-8-22-9-7-15/h10-12,15H,4-9H2,1-3H3. The van der Waals surface area contributed by atoms with Crippen molar-refractivity contribution in [2.45, 2.75) is 46.1 Å². The minimum atomic E-state index is 0.438. The zero-order valence-corrected chi connectivity index (χ0v) is 14.2. The number of nitrogens with zero attached hydrogens (tertiary/aromatic N) is 1. The summed E-state index contributed by atoms with van der Waals surface area (Å²) in [6.45, 7) is 8.95. The Labute approximate surface area is 137 Å². The van der Waals surface area contributed by atoms with Crippen LogP contribution in [0.4, 0.5) is 5.69 Å². The minimum Gasteiger partial charge on any atom is -0.453 e. The van der Waals surface area contributed by atoms with Gasteiger partial charge in [0.25, 0.3) is 0 Å². The lowest BCUT2D eigenvalue weighted by Crippen LogP contribution is -2.39. The van der Waals surface area contributed by atoms with E-state index in [0.717, 1.165) is 61.8 Å². The van der Waals surface area contributed by atoms with E-state index in [1.165, 1.54) is 11.3 Å². The Balaban J connectivity index is 2.08. The van der Waals surface area contributed by atoms with E-state index >= 15 is 0 Å². The van der Waals surface area contributed by atoms with Crippen LogP contribution >= 0.6 is 0 Å². The van der Waals surface area contributed by atoms with Crippen molar-refractivity contribution >= 4 is 22.9 Å². The molecular weight excluding hydrogens is 290 g/mol. The molecule has 0 atom stereocenters. The summed E-state index contributed by atoms with van der Waals surface area (Å²) in [7, 11) is 0. The van der Waals surface area contributed by atoms with Gasteiger partial charge in [-0.1, -0.05) is 6.92 Å². The number of carbonyl (C=O) groups is 1. The molecule has 1 fully saturated rings. The lowest BCUT2D eigenvalue weighted by molar-refractivity contribution is 0.0846. The molecule has 2 heterocycles. The molecule has 0 saturated carbocycles. The van der Waals surface area contributed by atoms with Crippen molar-refractivity contribution in [3.05, 3.63) is 29.0 Å². The Morgan fingerprint density at radius 2 is 2.00 bits per heavy atom. The molecule has 124 valence electrons. The summed E-state index contributed by atoms with van der Waals surface area (Å²) in [5, 5.41) is 1.05. The van der Waals surface area contributed by atoms with Crippen LogP contribution in [0, 0.1) is 6.92 Å². The Bertz CT molecular complexity index is 698. The van der Waals surface area contributed by atoms with Crippen LogP contribution in [0.15, 0.2) is 16.5 Å². The van der Waals surface area contributed by atoms with Crippen LogP contribution in [-0.4, -0.2) is 32.1 Å². The van der Waals surface area contributed by atoms with Crippen molar-refractivity contribution in [1.82, 2.24) is 0 Å². The summed E-state index contributed by atoms with van der Waals surface area (Å²) in [5.74, 6) is 0.438. The van der Waals surface area contributed by atoms with Crippen LogP contribution in [0.25, 0.3) is 11.0 Å². The first-order valence-electron chi connectivity index (χ1n) is 8.55. The second-order valence-electron chi connectivity index (χ2n) is 6.17. The third kappa shape index (κ3) is 2.88. The van der Waals surface area contributed by atoms with Crippen LogP contribution in [0.1, 0.15) is 48.4 Å². The van der Waals surface area contributed by atoms with Crippen molar-refractivity contribution in [3.63, 3.8) is 0 Å². The van der Waals surface area contributed by atoms with Crippen LogP contribution < -0.4 is 4.90 Å². The van der Waals surface area contributed by atoms with Gasteiger partial charge in [-0.25, -0.2) is 0 Å². The van der Waals surface area contributed by atoms with Crippen LogP contribution in [0.5, 0.6) is 0 Å². The van der Waals surface area contributed by atoms with Gasteiger partial charge in [-0.15, -0.1) is 0 Å². The highest BCUT2D eigenvalue weighted by atomic mass is 16.5. The molecule has 1 saturated heterocycles. The summed E-state index contributed by atoms with van der Waals surface area (Å²) in [6.07, 6.45) is 3.89. The molecule has 0 N–H and O–H groups in total. The highest BCUT2D eigenvalue weighted by Crippen LogP contribution is 2.34. The van der Waals surface area contributed by atoms with Gasteiger partial charge in [0.2, 0.25) is 0 Å². The second kappa shape index (κ2) is 6.75. The van der Waals surface area contributed by atoms with Gasteiger partial charge in [0.1, 0.15) is 5.58 Å². The normalized spacial score (nSPS) is 16.0. The topological polar surface area (TPSA) is 42.7 Å². The van der Waals surface area contributed by atoms with E-state index < -0.39 is 0 Å². The molecule has 0 amide bonds. The number of ether oxygens (including phenoxy) is 1. The summed E-state index contributed by atoms with van der Waals surface area (Å²) < 4.78 is 11.3. The van der Waals surface area contributed by atoms with Gasteiger partial charge >= 0.3 is 0 Å². The molecule has 1 aliphatic rings. The molecule has 0 radical (unpaired) electrons. The molecule has 3 rings (SSSR count). The number of rotatable bonds is 5. The minimum absolute atomic E-state index is 0.438. The van der Waals surface area contributed by atoms with Gasteiger partial charge in [0.15, 0.2) is 12.0 Å². The number of furan rings is 1. The van der Waals surface area contributed by atoms with Gasteiger partial charge < -0.3 is 14.1 Å². The Hall–Kier alpha value is -1.81. The number of hydrogen-bond acceptors (Lipinski definition) is 4. The summed E-state index contributed by atoms with van der Waals surface area (Å²) in [4.78, 5) is 13.6. The van der Waals surface area contributed by atoms with Crippen molar-refractivity contribution in [2.75, 3.05) is 24.7 Å². The Kier molecular flexibility index (Phi) is 4.71. The van der Waals surface area contributed by atoms with E-state index in [4.69, 9.17) is 9.15 Å². The summed E-state index contributed by atoms with van der Waals surface area (Å²) in [5.41, 5.74) is 4.29. The SMILES string of the molecule is CCc1cc2c(C)c(C=O)oc2cc1N(CC)C1CCOCC1. The molecule has 2 aromatic rings. The average molecular weight is 315 g/mol. The number of aldehydes is 1. The number of hydrogen-bond donors (Lipinski definition) is 0. The number of benzene rings is 1. The van der Waals surface area contributed by atoms with E-state index in [1.54, 1.807) is 0 Å². The molecule has 4 nitrogen and oxygen atoms in total. The smallest absolute Gasteiger partial charge is 0.185 e. The predicted octanol–water partition coefficient (Wildman–Crippen LogP) is 4.12. The Morgan fingerprint density at radius 3 is 2.61 bits per heavy atom. The van der Waals surface area contributed by atoms with E-state index in [0.29, 0.717) is 11.8 Å². The van der Waals surface area contributed by atoms with Gasteiger partial charge in [-0.05, 0) is 44.7 Å². The van der Waals surface area contributed by atoms with Gasteiger partial charge in [-0.3, -0.25) is 4.79 Å². The van der Waals surface area contributed by atoms with E-state index in [2.05, 4.69) is 30.9 Å². The fourth-order valence-electron chi connectivity index (χ4n) is 3.60. The lowest BCUT2D eigenvalue weighted by Gasteiger charge is -2.36. The van der Waals surface area contributed by atoms with E-state index in [1.807, 2.05) is 6.92 Å². The zero-order valence-electron chi connectivity index (χ0n) is 14.2. The van der Waals surface area contributed by atoms with E-state index in [-0.39, 0.29) is 0 Å². The van der Waals surface area contributed by atoms with E-state index in [9.17, 15) is 4.79 Å². The molecule has 4 heteroatoms. The number of carbonyl (C=O) groups excluding carboxylic acids is 1.